The van der Waals surface area contributed by atoms with Gasteiger partial charge in [-0.1, -0.05) is 18.2 Å². The number of nitrogens with one attached hydrogen (secondary N) is 1. The Hall–Kier alpha value is -3.22. The maximum atomic E-state index is 11.8. The molecule has 0 bridgehead atoms. The number of carbonyl (C=O) groups excluding carboxylic acids is 1. The standard InChI is InChI=1S/C18H19N3O4/c1-12-7-13(2)9-17(8-12)25-11-18(22)20-19-14(3)15-5-4-6-16(10-15)21(23)24/h4-10H,11H2,1-3H3,(H,20,22). The minimum absolute atomic E-state index is 0.0310. The number of benzene rings is 2. The molecule has 1 N–H and O–H groups in total. The second kappa shape index (κ2) is 8.05. The number of hydrogen-bond donors (Lipinski definition) is 1. The molecule has 0 atom stereocenters. The lowest BCUT2D eigenvalue weighted by Gasteiger charge is -2.07. The zero-order chi connectivity index (χ0) is 18.4. The first-order chi connectivity index (χ1) is 11.8. The summed E-state index contributed by atoms with van der Waals surface area (Å²) in [7, 11) is 0. The molecule has 0 radical (unpaired) electrons. The third-order valence-corrected chi connectivity index (χ3v) is 3.39. The monoisotopic (exact) mass is 341 g/mol. The lowest BCUT2D eigenvalue weighted by Crippen LogP contribution is -2.25. The molecule has 2 aromatic carbocycles. The van der Waals surface area contributed by atoms with E-state index in [9.17, 15) is 14.9 Å². The first-order valence-electron chi connectivity index (χ1n) is 7.64. The van der Waals surface area contributed by atoms with Gasteiger partial charge in [0.05, 0.1) is 10.6 Å². The summed E-state index contributed by atoms with van der Waals surface area (Å²) in [4.78, 5) is 22.2. The molecule has 25 heavy (non-hydrogen) atoms. The van der Waals surface area contributed by atoms with Gasteiger partial charge in [-0.15, -0.1) is 0 Å². The van der Waals surface area contributed by atoms with Crippen molar-refractivity contribution in [3.05, 3.63) is 69.3 Å². The van der Waals surface area contributed by atoms with E-state index < -0.39 is 10.8 Å². The fraction of sp³-hybridized carbons (Fsp3) is 0.222. The van der Waals surface area contributed by atoms with Gasteiger partial charge < -0.3 is 4.74 Å². The minimum atomic E-state index is -0.479. The van der Waals surface area contributed by atoms with Crippen LogP contribution in [0.4, 0.5) is 5.69 Å². The van der Waals surface area contributed by atoms with E-state index in [1.54, 1.807) is 19.1 Å². The van der Waals surface area contributed by atoms with Crippen LogP contribution in [0.5, 0.6) is 5.75 Å². The van der Waals surface area contributed by atoms with Gasteiger partial charge in [-0.3, -0.25) is 14.9 Å². The number of ether oxygens (including phenoxy) is 1. The molecule has 0 aliphatic carbocycles. The summed E-state index contributed by atoms with van der Waals surface area (Å²) in [6, 6.07) is 11.8. The van der Waals surface area contributed by atoms with Crippen LogP contribution in [0.2, 0.25) is 0 Å². The van der Waals surface area contributed by atoms with E-state index in [2.05, 4.69) is 10.5 Å². The number of rotatable bonds is 6. The van der Waals surface area contributed by atoms with Crippen LogP contribution in [0.1, 0.15) is 23.6 Å². The van der Waals surface area contributed by atoms with Gasteiger partial charge in [-0.25, -0.2) is 5.43 Å². The Morgan fingerprint density at radius 2 is 1.88 bits per heavy atom. The average Bonchev–Trinajstić information content (AvgIpc) is 2.57. The fourth-order valence-electron chi connectivity index (χ4n) is 2.25. The summed E-state index contributed by atoms with van der Waals surface area (Å²) < 4.78 is 5.45. The van der Waals surface area contributed by atoms with Crippen LogP contribution in [-0.4, -0.2) is 23.1 Å². The predicted molar refractivity (Wildman–Crippen MR) is 94.9 cm³/mol. The van der Waals surface area contributed by atoms with Gasteiger partial charge in [-0.05, 0) is 44.0 Å². The molecular weight excluding hydrogens is 322 g/mol. The van der Waals surface area contributed by atoms with Crippen LogP contribution in [0.15, 0.2) is 47.6 Å². The van der Waals surface area contributed by atoms with Gasteiger partial charge in [0.25, 0.3) is 11.6 Å². The lowest BCUT2D eigenvalue weighted by atomic mass is 10.1. The normalized spacial score (nSPS) is 11.1. The van der Waals surface area contributed by atoms with Crippen molar-refractivity contribution in [2.24, 2.45) is 5.10 Å². The molecule has 7 nitrogen and oxygen atoms in total. The summed E-state index contributed by atoms with van der Waals surface area (Å²) in [5, 5.41) is 14.7. The Morgan fingerprint density at radius 1 is 1.20 bits per heavy atom. The second-order valence-corrected chi connectivity index (χ2v) is 5.65. The van der Waals surface area contributed by atoms with Crippen molar-refractivity contribution in [2.45, 2.75) is 20.8 Å². The van der Waals surface area contributed by atoms with Crippen molar-refractivity contribution in [2.75, 3.05) is 6.61 Å². The summed E-state index contributed by atoms with van der Waals surface area (Å²) >= 11 is 0. The Kier molecular flexibility index (Phi) is 5.84. The smallest absolute Gasteiger partial charge is 0.277 e. The van der Waals surface area contributed by atoms with Gasteiger partial charge in [0.2, 0.25) is 0 Å². The highest BCUT2D eigenvalue weighted by Crippen LogP contribution is 2.16. The molecule has 7 heteroatoms. The molecule has 0 aromatic heterocycles. The number of hydrazone groups is 1. The van der Waals surface area contributed by atoms with Crippen LogP contribution < -0.4 is 10.2 Å². The number of hydrogen-bond acceptors (Lipinski definition) is 5. The van der Waals surface area contributed by atoms with Crippen LogP contribution >= 0.6 is 0 Å². The summed E-state index contributed by atoms with van der Waals surface area (Å²) in [5.74, 6) is 0.205. The number of carbonyl (C=O) groups is 1. The molecular formula is C18H19N3O4. The van der Waals surface area contributed by atoms with Crippen molar-refractivity contribution in [3.63, 3.8) is 0 Å². The van der Waals surface area contributed by atoms with Gasteiger partial charge in [-0.2, -0.15) is 5.10 Å². The Labute approximate surface area is 145 Å². The maximum absolute atomic E-state index is 11.8. The Morgan fingerprint density at radius 3 is 2.52 bits per heavy atom. The molecule has 0 aliphatic heterocycles. The lowest BCUT2D eigenvalue weighted by molar-refractivity contribution is -0.384. The van der Waals surface area contributed by atoms with E-state index in [1.165, 1.54) is 12.1 Å². The predicted octanol–water partition coefficient (Wildman–Crippen LogP) is 3.13. The molecule has 0 fully saturated rings. The zero-order valence-corrected chi connectivity index (χ0v) is 14.3. The van der Waals surface area contributed by atoms with E-state index in [4.69, 9.17) is 4.74 Å². The molecule has 130 valence electrons. The number of nitrogens with zero attached hydrogens (tertiary/aromatic N) is 2. The average molecular weight is 341 g/mol. The summed E-state index contributed by atoms with van der Waals surface area (Å²) in [5.41, 5.74) is 5.48. The highest BCUT2D eigenvalue weighted by atomic mass is 16.6. The van der Waals surface area contributed by atoms with Gasteiger partial charge >= 0.3 is 0 Å². The Balaban J connectivity index is 1.95. The molecule has 0 unspecified atom stereocenters. The topological polar surface area (TPSA) is 93.8 Å². The molecule has 2 aromatic rings. The van der Waals surface area contributed by atoms with Crippen LogP contribution in [-0.2, 0) is 4.79 Å². The Bertz CT molecular complexity index is 811. The number of nitro benzene ring substituents is 1. The van der Waals surface area contributed by atoms with Crippen LogP contribution in [0.3, 0.4) is 0 Å². The largest absolute Gasteiger partial charge is 0.484 e. The molecule has 0 heterocycles. The molecule has 2 rings (SSSR count). The van der Waals surface area contributed by atoms with E-state index >= 15 is 0 Å². The van der Waals surface area contributed by atoms with Crippen molar-refractivity contribution >= 4 is 17.3 Å². The van der Waals surface area contributed by atoms with Crippen LogP contribution in [0.25, 0.3) is 0 Å². The maximum Gasteiger partial charge on any atom is 0.277 e. The third kappa shape index (κ3) is 5.42. The SMILES string of the molecule is CC(=NNC(=O)COc1cc(C)cc(C)c1)c1cccc([N+](=O)[O-])c1. The molecule has 0 aliphatic rings. The first kappa shape index (κ1) is 18.1. The third-order valence-electron chi connectivity index (χ3n) is 3.39. The molecule has 0 saturated carbocycles. The highest BCUT2D eigenvalue weighted by molar-refractivity contribution is 5.99. The van der Waals surface area contributed by atoms with Crippen LogP contribution in [0, 0.1) is 24.0 Å². The fourth-order valence-corrected chi connectivity index (χ4v) is 2.25. The van der Waals surface area contributed by atoms with Gasteiger partial charge in [0.15, 0.2) is 6.61 Å². The van der Waals surface area contributed by atoms with E-state index in [0.29, 0.717) is 17.0 Å². The van der Waals surface area contributed by atoms with E-state index in [1.807, 2.05) is 32.0 Å². The summed E-state index contributed by atoms with van der Waals surface area (Å²) in [6.07, 6.45) is 0. The second-order valence-electron chi connectivity index (χ2n) is 5.65. The molecule has 1 amide bonds. The minimum Gasteiger partial charge on any atom is -0.484 e. The van der Waals surface area contributed by atoms with Crippen molar-refractivity contribution < 1.29 is 14.5 Å². The molecule has 0 spiro atoms. The van der Waals surface area contributed by atoms with Gasteiger partial charge in [0.1, 0.15) is 5.75 Å². The molecule has 0 saturated heterocycles. The number of amides is 1. The first-order valence-corrected chi connectivity index (χ1v) is 7.64. The van der Waals surface area contributed by atoms with Crippen molar-refractivity contribution in [1.29, 1.82) is 0 Å². The number of non-ortho nitro benzene ring substituents is 1. The van der Waals surface area contributed by atoms with E-state index in [0.717, 1.165) is 11.1 Å². The van der Waals surface area contributed by atoms with E-state index in [-0.39, 0.29) is 12.3 Å². The highest BCUT2D eigenvalue weighted by Gasteiger charge is 2.08. The van der Waals surface area contributed by atoms with Gasteiger partial charge in [0, 0.05) is 17.7 Å². The quantitative estimate of drug-likeness (QED) is 0.496. The van der Waals surface area contributed by atoms with Crippen molar-refractivity contribution in [3.8, 4) is 5.75 Å². The zero-order valence-electron chi connectivity index (χ0n) is 14.3. The number of nitro groups is 1. The summed E-state index contributed by atoms with van der Waals surface area (Å²) in [6.45, 7) is 5.39. The van der Waals surface area contributed by atoms with Crippen molar-refractivity contribution in [1.82, 2.24) is 5.43 Å². The number of aryl methyl sites for hydroxylation is 2.